The summed E-state index contributed by atoms with van der Waals surface area (Å²) >= 11 is 0. The van der Waals surface area contributed by atoms with Crippen LogP contribution in [0.5, 0.6) is 0 Å². The van der Waals surface area contributed by atoms with Crippen molar-refractivity contribution in [3.63, 3.8) is 0 Å². The Bertz CT molecular complexity index is 724. The van der Waals surface area contributed by atoms with Crippen molar-refractivity contribution in [3.05, 3.63) is 39.9 Å². The predicted molar refractivity (Wildman–Crippen MR) is 78.6 cm³/mol. The number of esters is 1. The number of carbonyl (C=O) groups is 2. The van der Waals surface area contributed by atoms with E-state index < -0.39 is 40.8 Å². The topological polar surface area (TPSA) is 131 Å². The molecule has 1 aliphatic heterocycles. The summed E-state index contributed by atoms with van der Waals surface area (Å²) in [5, 5.41) is 24.2. The SMILES string of the molecule is CCOC(=O)[C@H]1[C@H](c2ccc([N+](=O)[O-])cc2)NC(=O)N[C@@]1(O)C(F)(F)F. The van der Waals surface area contributed by atoms with E-state index in [1.165, 1.54) is 12.2 Å². The molecule has 0 saturated carbocycles. The number of carbonyl (C=O) groups excluding carboxylic acids is 2. The molecular formula is C14H14F3N3O6. The highest BCUT2D eigenvalue weighted by atomic mass is 19.4. The van der Waals surface area contributed by atoms with Gasteiger partial charge in [0.15, 0.2) is 0 Å². The van der Waals surface area contributed by atoms with Crippen LogP contribution in [0.15, 0.2) is 24.3 Å². The average Bonchev–Trinajstić information content (AvgIpc) is 2.53. The molecule has 12 heteroatoms. The molecule has 1 aliphatic rings. The van der Waals surface area contributed by atoms with Crippen molar-refractivity contribution >= 4 is 17.7 Å². The molecule has 0 bridgehead atoms. The fourth-order valence-corrected chi connectivity index (χ4v) is 2.62. The fraction of sp³-hybridized carbons (Fsp3) is 0.429. The third-order valence-electron chi connectivity index (χ3n) is 3.81. The zero-order valence-corrected chi connectivity index (χ0v) is 13.2. The van der Waals surface area contributed by atoms with Crippen molar-refractivity contribution in [2.75, 3.05) is 6.61 Å². The molecule has 3 N–H and O–H groups in total. The molecule has 1 heterocycles. The Morgan fingerprint density at radius 2 is 1.96 bits per heavy atom. The summed E-state index contributed by atoms with van der Waals surface area (Å²) in [6.45, 7) is 1.10. The normalized spacial score (nSPS) is 25.8. The van der Waals surface area contributed by atoms with Crippen LogP contribution in [0.4, 0.5) is 23.7 Å². The van der Waals surface area contributed by atoms with Gasteiger partial charge in [-0.05, 0) is 12.5 Å². The average molecular weight is 377 g/mol. The van der Waals surface area contributed by atoms with Crippen molar-refractivity contribution < 1.29 is 37.5 Å². The number of nitrogens with one attached hydrogen (secondary N) is 2. The Labute approximate surface area is 144 Å². The Balaban J connectivity index is 2.54. The number of ether oxygens (including phenoxy) is 1. The summed E-state index contributed by atoms with van der Waals surface area (Å²) in [7, 11) is 0. The number of rotatable bonds is 4. The van der Waals surface area contributed by atoms with E-state index in [1.807, 2.05) is 0 Å². The maximum Gasteiger partial charge on any atom is 0.437 e. The van der Waals surface area contributed by atoms with Crippen LogP contribution in [0.3, 0.4) is 0 Å². The molecule has 1 aromatic carbocycles. The largest absolute Gasteiger partial charge is 0.466 e. The maximum absolute atomic E-state index is 13.4. The van der Waals surface area contributed by atoms with E-state index in [4.69, 9.17) is 0 Å². The second-order valence-electron chi connectivity index (χ2n) is 5.42. The minimum atomic E-state index is -5.39. The summed E-state index contributed by atoms with van der Waals surface area (Å²) in [6.07, 6.45) is -5.39. The summed E-state index contributed by atoms with van der Waals surface area (Å²) in [6, 6.07) is 1.16. The monoisotopic (exact) mass is 377 g/mol. The first kappa shape index (κ1) is 19.4. The molecular weight excluding hydrogens is 363 g/mol. The number of nitro benzene ring substituents is 1. The number of urea groups is 1. The first-order valence-corrected chi connectivity index (χ1v) is 7.30. The maximum atomic E-state index is 13.4. The third-order valence-corrected chi connectivity index (χ3v) is 3.81. The van der Waals surface area contributed by atoms with Gasteiger partial charge in [-0.2, -0.15) is 13.2 Å². The third kappa shape index (κ3) is 3.40. The Kier molecular flexibility index (Phi) is 5.07. The van der Waals surface area contributed by atoms with E-state index in [-0.39, 0.29) is 17.9 Å². The molecule has 1 aromatic rings. The lowest BCUT2D eigenvalue weighted by Crippen LogP contribution is -2.73. The summed E-state index contributed by atoms with van der Waals surface area (Å²) < 4.78 is 44.9. The van der Waals surface area contributed by atoms with E-state index in [1.54, 1.807) is 0 Å². The molecule has 2 amide bonds. The van der Waals surface area contributed by atoms with Crippen LogP contribution >= 0.6 is 0 Å². The van der Waals surface area contributed by atoms with E-state index >= 15 is 0 Å². The molecule has 142 valence electrons. The first-order valence-electron chi connectivity index (χ1n) is 7.30. The molecule has 2 rings (SSSR count). The van der Waals surface area contributed by atoms with Crippen LogP contribution in [0.2, 0.25) is 0 Å². The van der Waals surface area contributed by atoms with Gasteiger partial charge in [0.05, 0.1) is 17.6 Å². The lowest BCUT2D eigenvalue weighted by atomic mass is 9.82. The van der Waals surface area contributed by atoms with Gasteiger partial charge in [0.1, 0.15) is 5.92 Å². The molecule has 3 atom stereocenters. The lowest BCUT2D eigenvalue weighted by Gasteiger charge is -2.44. The van der Waals surface area contributed by atoms with Gasteiger partial charge in [0.25, 0.3) is 11.4 Å². The number of hydrogen-bond acceptors (Lipinski definition) is 6. The minimum absolute atomic E-state index is 0.0498. The lowest BCUT2D eigenvalue weighted by molar-refractivity contribution is -0.384. The number of benzene rings is 1. The summed E-state index contributed by atoms with van der Waals surface area (Å²) in [5.41, 5.74) is -4.27. The van der Waals surface area contributed by atoms with Crippen LogP contribution in [0.25, 0.3) is 0 Å². The van der Waals surface area contributed by atoms with Gasteiger partial charge < -0.3 is 20.5 Å². The number of non-ortho nitro benzene ring substituents is 1. The zero-order valence-electron chi connectivity index (χ0n) is 13.2. The highest BCUT2D eigenvalue weighted by Gasteiger charge is 2.67. The van der Waals surface area contributed by atoms with E-state index in [0.717, 1.165) is 24.3 Å². The second-order valence-corrected chi connectivity index (χ2v) is 5.42. The van der Waals surface area contributed by atoms with Gasteiger partial charge in [-0.25, -0.2) is 4.79 Å². The van der Waals surface area contributed by atoms with Crippen molar-refractivity contribution in [1.82, 2.24) is 10.6 Å². The number of alkyl halides is 3. The summed E-state index contributed by atoms with van der Waals surface area (Å²) in [4.78, 5) is 33.8. The quantitative estimate of drug-likeness (QED) is 0.413. The Morgan fingerprint density at radius 1 is 1.38 bits per heavy atom. The number of amides is 2. The zero-order chi connectivity index (χ0) is 19.7. The predicted octanol–water partition coefficient (Wildman–Crippen LogP) is 1.38. The molecule has 0 aromatic heterocycles. The number of halogens is 3. The van der Waals surface area contributed by atoms with E-state index in [9.17, 15) is 38.0 Å². The standard InChI is InChI=1S/C14H14F3N3O6/c1-2-26-11(21)9-10(7-3-5-8(6-4-7)20(24)25)18-12(22)19-13(9,23)14(15,16)17/h3-6,9-10,23H,2H2,1H3,(H2,18,19,22)/t9-,10+,13+/m1/s1. The highest BCUT2D eigenvalue weighted by Crippen LogP contribution is 2.43. The molecule has 0 radical (unpaired) electrons. The molecule has 9 nitrogen and oxygen atoms in total. The molecule has 0 unspecified atom stereocenters. The van der Waals surface area contributed by atoms with Gasteiger partial charge >= 0.3 is 18.2 Å². The van der Waals surface area contributed by atoms with Crippen LogP contribution in [-0.2, 0) is 9.53 Å². The number of nitrogens with zero attached hydrogens (tertiary/aromatic N) is 1. The Hall–Kier alpha value is -2.89. The molecule has 0 aliphatic carbocycles. The molecule has 26 heavy (non-hydrogen) atoms. The molecule has 1 saturated heterocycles. The number of aliphatic hydroxyl groups is 1. The van der Waals surface area contributed by atoms with Gasteiger partial charge in [-0.15, -0.1) is 0 Å². The van der Waals surface area contributed by atoms with Crippen molar-refractivity contribution in [2.45, 2.75) is 24.9 Å². The molecule has 1 fully saturated rings. The van der Waals surface area contributed by atoms with E-state index in [2.05, 4.69) is 10.1 Å². The van der Waals surface area contributed by atoms with Crippen LogP contribution < -0.4 is 10.6 Å². The Morgan fingerprint density at radius 3 is 2.42 bits per heavy atom. The highest BCUT2D eigenvalue weighted by molar-refractivity contribution is 5.83. The number of nitro groups is 1. The van der Waals surface area contributed by atoms with Crippen molar-refractivity contribution in [1.29, 1.82) is 0 Å². The van der Waals surface area contributed by atoms with Crippen LogP contribution in [-0.4, -0.2) is 40.5 Å². The fourth-order valence-electron chi connectivity index (χ4n) is 2.62. The van der Waals surface area contributed by atoms with Gasteiger partial charge in [0.2, 0.25) is 0 Å². The first-order chi connectivity index (χ1) is 12.0. The minimum Gasteiger partial charge on any atom is -0.466 e. The molecule has 0 spiro atoms. The van der Waals surface area contributed by atoms with Gasteiger partial charge in [-0.1, -0.05) is 12.1 Å². The summed E-state index contributed by atoms with van der Waals surface area (Å²) in [5.74, 6) is -3.68. The van der Waals surface area contributed by atoms with Crippen LogP contribution in [0.1, 0.15) is 18.5 Å². The van der Waals surface area contributed by atoms with Crippen molar-refractivity contribution in [2.24, 2.45) is 5.92 Å². The number of hydrogen-bond donors (Lipinski definition) is 3. The van der Waals surface area contributed by atoms with E-state index in [0.29, 0.717) is 0 Å². The van der Waals surface area contributed by atoms with Crippen molar-refractivity contribution in [3.8, 4) is 0 Å². The van der Waals surface area contributed by atoms with Gasteiger partial charge in [0, 0.05) is 12.1 Å². The van der Waals surface area contributed by atoms with Gasteiger partial charge in [-0.3, -0.25) is 14.9 Å². The van der Waals surface area contributed by atoms with Crippen LogP contribution in [0, 0.1) is 16.0 Å². The smallest absolute Gasteiger partial charge is 0.437 e. The second kappa shape index (κ2) is 6.78.